The van der Waals surface area contributed by atoms with E-state index in [2.05, 4.69) is 16.7 Å². The van der Waals surface area contributed by atoms with E-state index in [0.717, 1.165) is 16.9 Å². The molecule has 0 aliphatic carbocycles. The average molecular weight is 341 g/mol. The Morgan fingerprint density at radius 1 is 1.16 bits per heavy atom. The van der Waals surface area contributed by atoms with Crippen molar-refractivity contribution in [2.45, 2.75) is 26.5 Å². The van der Waals surface area contributed by atoms with Crippen LogP contribution >= 0.6 is 0 Å². The van der Waals surface area contributed by atoms with Crippen LogP contribution in [0.25, 0.3) is 0 Å². The normalized spacial score (nSPS) is 11.4. The van der Waals surface area contributed by atoms with Crippen molar-refractivity contribution in [3.63, 3.8) is 0 Å². The van der Waals surface area contributed by atoms with Gasteiger partial charge in [-0.05, 0) is 37.1 Å². The molecule has 2 rings (SSSR count). The molecule has 1 atom stereocenters. The average Bonchev–Trinajstić information content (AvgIpc) is 2.58. The molecule has 0 fully saturated rings. The summed E-state index contributed by atoms with van der Waals surface area (Å²) in [6.07, 6.45) is 0. The molecule has 0 spiro atoms. The number of amides is 3. The Kier molecular flexibility index (Phi) is 6.39. The van der Waals surface area contributed by atoms with Gasteiger partial charge in [-0.2, -0.15) is 0 Å². The van der Waals surface area contributed by atoms with Crippen LogP contribution in [0.3, 0.4) is 0 Å². The quantitative estimate of drug-likeness (QED) is 0.722. The van der Waals surface area contributed by atoms with Crippen molar-refractivity contribution in [3.05, 3.63) is 65.2 Å². The van der Waals surface area contributed by atoms with Gasteiger partial charge in [0.15, 0.2) is 0 Å². The Morgan fingerprint density at radius 3 is 2.52 bits per heavy atom. The van der Waals surface area contributed by atoms with Crippen molar-refractivity contribution in [2.75, 3.05) is 6.54 Å². The summed E-state index contributed by atoms with van der Waals surface area (Å²) in [5, 5.41) is 5.04. The van der Waals surface area contributed by atoms with Crippen LogP contribution in [-0.4, -0.2) is 18.5 Å². The van der Waals surface area contributed by atoms with Crippen molar-refractivity contribution >= 4 is 11.9 Å². The number of rotatable bonds is 7. The molecule has 3 amide bonds. The summed E-state index contributed by atoms with van der Waals surface area (Å²) in [5.74, 6) is 0.463. The number of nitrogens with one attached hydrogen (secondary N) is 2. The largest absolute Gasteiger partial charge is 0.489 e. The van der Waals surface area contributed by atoms with Crippen molar-refractivity contribution in [3.8, 4) is 5.75 Å². The standard InChI is InChI=1S/C19H23N3O3/c1-13-4-3-5-15(10-13)12-25-17-8-6-16(7-9-17)14(2)22-18(23)11-21-19(20)24/h3-10,14H,11-12H2,1-2H3,(H,22,23)(H3,20,21,24)/t14-/m1/s1. The number of ether oxygens (including phenoxy) is 1. The molecule has 25 heavy (non-hydrogen) atoms. The number of primary amides is 1. The van der Waals surface area contributed by atoms with E-state index in [4.69, 9.17) is 10.5 Å². The number of nitrogens with two attached hydrogens (primary N) is 1. The highest BCUT2D eigenvalue weighted by Crippen LogP contribution is 2.18. The minimum atomic E-state index is -0.724. The van der Waals surface area contributed by atoms with E-state index in [1.54, 1.807) is 0 Å². The molecule has 132 valence electrons. The highest BCUT2D eigenvalue weighted by Gasteiger charge is 2.10. The first kappa shape index (κ1) is 18.3. The van der Waals surface area contributed by atoms with Gasteiger partial charge in [0.05, 0.1) is 12.6 Å². The summed E-state index contributed by atoms with van der Waals surface area (Å²) in [7, 11) is 0. The molecule has 0 saturated heterocycles. The predicted molar refractivity (Wildman–Crippen MR) is 96.1 cm³/mol. The molecule has 0 unspecified atom stereocenters. The Morgan fingerprint density at radius 2 is 1.88 bits per heavy atom. The van der Waals surface area contributed by atoms with Crippen LogP contribution in [0.2, 0.25) is 0 Å². The van der Waals surface area contributed by atoms with Gasteiger partial charge >= 0.3 is 6.03 Å². The molecule has 4 N–H and O–H groups in total. The van der Waals surface area contributed by atoms with Crippen molar-refractivity contribution < 1.29 is 14.3 Å². The molecule has 2 aromatic rings. The summed E-state index contributed by atoms with van der Waals surface area (Å²) >= 11 is 0. The molecular formula is C19H23N3O3. The second-order valence-corrected chi connectivity index (χ2v) is 5.85. The van der Waals surface area contributed by atoms with Crippen molar-refractivity contribution in [2.24, 2.45) is 5.73 Å². The Hall–Kier alpha value is -3.02. The number of hydrogen-bond acceptors (Lipinski definition) is 3. The third-order valence-electron chi connectivity index (χ3n) is 3.67. The molecule has 0 heterocycles. The number of benzene rings is 2. The van der Waals surface area contributed by atoms with E-state index in [1.807, 2.05) is 56.3 Å². The Labute approximate surface area is 147 Å². The van der Waals surface area contributed by atoms with Crippen LogP contribution in [0.4, 0.5) is 4.79 Å². The van der Waals surface area contributed by atoms with Crippen LogP contribution < -0.4 is 21.1 Å². The molecular weight excluding hydrogens is 318 g/mol. The molecule has 0 saturated carbocycles. The number of hydrogen-bond donors (Lipinski definition) is 3. The highest BCUT2D eigenvalue weighted by atomic mass is 16.5. The maximum absolute atomic E-state index is 11.7. The second-order valence-electron chi connectivity index (χ2n) is 5.85. The van der Waals surface area contributed by atoms with Crippen LogP contribution in [0, 0.1) is 6.92 Å². The van der Waals surface area contributed by atoms with E-state index >= 15 is 0 Å². The van der Waals surface area contributed by atoms with Gasteiger partial charge < -0.3 is 21.1 Å². The van der Waals surface area contributed by atoms with E-state index < -0.39 is 6.03 Å². The van der Waals surface area contributed by atoms with Gasteiger partial charge in [-0.3, -0.25) is 4.79 Å². The zero-order chi connectivity index (χ0) is 18.2. The predicted octanol–water partition coefficient (Wildman–Crippen LogP) is 2.42. The first-order chi connectivity index (χ1) is 11.9. The van der Waals surface area contributed by atoms with Gasteiger partial charge in [0.2, 0.25) is 5.91 Å². The Bertz CT molecular complexity index is 729. The number of urea groups is 1. The number of carbonyl (C=O) groups excluding carboxylic acids is 2. The molecule has 0 bridgehead atoms. The summed E-state index contributed by atoms with van der Waals surface area (Å²) in [4.78, 5) is 22.3. The molecule has 0 aliphatic heterocycles. The molecule has 0 aliphatic rings. The van der Waals surface area contributed by atoms with Gasteiger partial charge in [0, 0.05) is 0 Å². The molecule has 0 radical (unpaired) electrons. The molecule has 2 aromatic carbocycles. The van der Waals surface area contributed by atoms with Gasteiger partial charge in [-0.1, -0.05) is 42.0 Å². The van der Waals surface area contributed by atoms with Crippen molar-refractivity contribution in [1.29, 1.82) is 0 Å². The van der Waals surface area contributed by atoms with Gasteiger partial charge in [-0.25, -0.2) is 4.79 Å². The van der Waals surface area contributed by atoms with E-state index in [1.165, 1.54) is 5.56 Å². The maximum Gasteiger partial charge on any atom is 0.312 e. The van der Waals surface area contributed by atoms with E-state index in [9.17, 15) is 9.59 Å². The maximum atomic E-state index is 11.7. The van der Waals surface area contributed by atoms with Crippen LogP contribution in [-0.2, 0) is 11.4 Å². The lowest BCUT2D eigenvalue weighted by atomic mass is 10.1. The number of aryl methyl sites for hydroxylation is 1. The van der Waals surface area contributed by atoms with Gasteiger partial charge in [-0.15, -0.1) is 0 Å². The SMILES string of the molecule is Cc1cccc(COc2ccc([C@@H](C)NC(=O)CNC(N)=O)cc2)c1. The summed E-state index contributed by atoms with van der Waals surface area (Å²) < 4.78 is 5.78. The first-order valence-electron chi connectivity index (χ1n) is 8.05. The first-order valence-corrected chi connectivity index (χ1v) is 8.05. The minimum Gasteiger partial charge on any atom is -0.489 e. The van der Waals surface area contributed by atoms with Gasteiger partial charge in [0.25, 0.3) is 0 Å². The fourth-order valence-corrected chi connectivity index (χ4v) is 2.36. The summed E-state index contributed by atoms with van der Waals surface area (Å²) in [5.41, 5.74) is 8.19. The lowest BCUT2D eigenvalue weighted by Crippen LogP contribution is -2.40. The lowest BCUT2D eigenvalue weighted by Gasteiger charge is -2.15. The van der Waals surface area contributed by atoms with Crippen LogP contribution in [0.1, 0.15) is 29.7 Å². The van der Waals surface area contributed by atoms with E-state index in [0.29, 0.717) is 6.61 Å². The zero-order valence-corrected chi connectivity index (χ0v) is 14.4. The topological polar surface area (TPSA) is 93.4 Å². The summed E-state index contributed by atoms with van der Waals surface area (Å²) in [6, 6.07) is 14.8. The Balaban J connectivity index is 1.86. The summed E-state index contributed by atoms with van der Waals surface area (Å²) in [6.45, 7) is 4.28. The lowest BCUT2D eigenvalue weighted by molar-refractivity contribution is -0.120. The smallest absolute Gasteiger partial charge is 0.312 e. The van der Waals surface area contributed by atoms with Gasteiger partial charge in [0.1, 0.15) is 12.4 Å². The number of carbonyl (C=O) groups is 2. The van der Waals surface area contributed by atoms with E-state index in [-0.39, 0.29) is 18.5 Å². The fourth-order valence-electron chi connectivity index (χ4n) is 2.36. The molecule has 6 nitrogen and oxygen atoms in total. The second kappa shape index (κ2) is 8.73. The third kappa shape index (κ3) is 6.18. The third-order valence-corrected chi connectivity index (χ3v) is 3.67. The fraction of sp³-hybridized carbons (Fsp3) is 0.263. The zero-order valence-electron chi connectivity index (χ0n) is 14.4. The molecule has 6 heteroatoms. The molecule has 0 aromatic heterocycles. The highest BCUT2D eigenvalue weighted by molar-refractivity contribution is 5.83. The monoisotopic (exact) mass is 341 g/mol. The van der Waals surface area contributed by atoms with Crippen LogP contribution in [0.5, 0.6) is 5.75 Å². The van der Waals surface area contributed by atoms with Crippen molar-refractivity contribution in [1.82, 2.24) is 10.6 Å². The van der Waals surface area contributed by atoms with Crippen LogP contribution in [0.15, 0.2) is 48.5 Å². The minimum absolute atomic E-state index is 0.142.